The number of carbonyl (C=O) groups excluding carboxylic acids is 2. The topological polar surface area (TPSA) is 173 Å². The summed E-state index contributed by atoms with van der Waals surface area (Å²) in [7, 11) is -2.16. The average molecular weight is 886 g/mol. The fraction of sp³-hybridized carbons (Fsp3) is 0.275. The van der Waals surface area contributed by atoms with E-state index in [1.165, 1.54) is 50.6 Å². The van der Waals surface area contributed by atoms with Crippen molar-refractivity contribution in [2.75, 3.05) is 23.4 Å². The number of benzene rings is 4. The first kappa shape index (κ1) is 43.5. The molecule has 0 aliphatic carbocycles. The molecule has 2 amide bonds. The molecule has 316 valence electrons. The van der Waals surface area contributed by atoms with Gasteiger partial charge in [0, 0.05) is 45.9 Å². The summed E-state index contributed by atoms with van der Waals surface area (Å²) in [5, 5.41) is 4.25. The molecule has 0 radical (unpaired) electrons. The third-order valence-electron chi connectivity index (χ3n) is 8.19. The van der Waals surface area contributed by atoms with Crippen molar-refractivity contribution in [1.29, 1.82) is 0 Å². The minimum Gasteiger partial charge on any atom is -0.497 e. The average Bonchev–Trinajstić information content (AvgIpc) is 3.83. The van der Waals surface area contributed by atoms with Gasteiger partial charge in [0.25, 0.3) is 10.0 Å². The van der Waals surface area contributed by atoms with Crippen LogP contribution in [0.1, 0.15) is 47.1 Å². The first-order valence-corrected chi connectivity index (χ1v) is 20.4. The summed E-state index contributed by atoms with van der Waals surface area (Å²) < 4.78 is 98.1. The van der Waals surface area contributed by atoms with Gasteiger partial charge in [-0.15, -0.1) is 0 Å². The van der Waals surface area contributed by atoms with Crippen LogP contribution < -0.4 is 23.4 Å². The summed E-state index contributed by atoms with van der Waals surface area (Å²) in [4.78, 5) is 30.2. The van der Waals surface area contributed by atoms with Crippen molar-refractivity contribution in [3.8, 4) is 34.1 Å². The van der Waals surface area contributed by atoms with E-state index < -0.39 is 62.2 Å². The Morgan fingerprint density at radius 2 is 1.50 bits per heavy atom. The Morgan fingerprint density at radius 1 is 0.833 bits per heavy atom. The molecule has 20 heteroatoms. The number of ether oxygens (including phenoxy) is 5. The van der Waals surface area contributed by atoms with Crippen LogP contribution in [0.15, 0.2) is 82.5 Å². The molecule has 6 aromatic rings. The molecule has 2 aromatic heterocycles. The number of halogens is 3. The molecule has 0 aliphatic rings. The first-order valence-electron chi connectivity index (χ1n) is 17.8. The minimum absolute atomic E-state index is 0.0318. The van der Waals surface area contributed by atoms with E-state index >= 15 is 8.78 Å². The van der Waals surface area contributed by atoms with E-state index in [0.29, 0.717) is 33.3 Å². The number of amides is 2. The third-order valence-corrected chi connectivity index (χ3v) is 11.0. The molecule has 60 heavy (non-hydrogen) atoms. The summed E-state index contributed by atoms with van der Waals surface area (Å²) in [6.07, 6.45) is -1.04. The lowest BCUT2D eigenvalue weighted by molar-refractivity contribution is 0.0427. The van der Waals surface area contributed by atoms with Crippen LogP contribution in [0.4, 0.5) is 29.3 Å². The number of nitrogens with zero attached hydrogens (tertiary/aromatic N) is 5. The van der Waals surface area contributed by atoms with Gasteiger partial charge in [0.1, 0.15) is 52.2 Å². The Balaban J connectivity index is 1.37. The number of hydrogen-bond acceptors (Lipinski definition) is 14. The second-order valence-electron chi connectivity index (χ2n) is 14.9. The van der Waals surface area contributed by atoms with Crippen LogP contribution in [0.3, 0.4) is 0 Å². The predicted molar refractivity (Wildman–Crippen MR) is 219 cm³/mol. The Bertz CT molecular complexity index is 2630. The Labute approximate surface area is 352 Å². The van der Waals surface area contributed by atoms with Gasteiger partial charge in [-0.2, -0.15) is 9.27 Å². The fourth-order valence-corrected chi connectivity index (χ4v) is 8.08. The van der Waals surface area contributed by atoms with Gasteiger partial charge in [0.05, 0.1) is 26.2 Å². The highest BCUT2D eigenvalue weighted by atomic mass is 35.5. The van der Waals surface area contributed by atoms with E-state index in [-0.39, 0.29) is 44.0 Å². The van der Waals surface area contributed by atoms with Gasteiger partial charge in [-0.1, -0.05) is 22.8 Å². The maximum Gasteiger partial charge on any atom is 0.425 e. The number of carbonyl (C=O) groups is 2. The van der Waals surface area contributed by atoms with Gasteiger partial charge in [0.2, 0.25) is 5.13 Å². The maximum absolute atomic E-state index is 16.1. The van der Waals surface area contributed by atoms with E-state index in [2.05, 4.69) is 14.5 Å². The van der Waals surface area contributed by atoms with E-state index in [9.17, 15) is 18.0 Å². The third kappa shape index (κ3) is 9.53. The number of fused-ring (bicyclic) bond motifs is 1. The molecule has 0 bridgehead atoms. The van der Waals surface area contributed by atoms with Crippen LogP contribution in [0.2, 0.25) is 5.02 Å². The molecule has 0 atom stereocenters. The van der Waals surface area contributed by atoms with E-state index in [4.69, 9.17) is 39.8 Å². The normalized spacial score (nSPS) is 11.9. The van der Waals surface area contributed by atoms with Crippen molar-refractivity contribution >= 4 is 67.3 Å². The maximum atomic E-state index is 16.1. The second-order valence-corrected chi connectivity index (χ2v) is 17.9. The fourth-order valence-electron chi connectivity index (χ4n) is 5.68. The second kappa shape index (κ2) is 16.9. The molecular formula is C40H38ClF2N5O10S2. The first-order chi connectivity index (χ1) is 28.2. The molecule has 0 N–H and O–H groups in total. The summed E-state index contributed by atoms with van der Waals surface area (Å²) in [5.74, 6) is -2.85. The highest BCUT2D eigenvalue weighted by molar-refractivity contribution is 7.93. The number of hydrogen-bond donors (Lipinski definition) is 0. The van der Waals surface area contributed by atoms with Gasteiger partial charge in [-0.05, 0) is 89.6 Å². The minimum atomic E-state index is -4.98. The number of rotatable bonds is 11. The molecule has 0 aliphatic heterocycles. The van der Waals surface area contributed by atoms with Gasteiger partial charge in [0.15, 0.2) is 16.3 Å². The summed E-state index contributed by atoms with van der Waals surface area (Å²) in [6, 6.07) is 15.1. The van der Waals surface area contributed by atoms with Crippen LogP contribution in [0.25, 0.3) is 22.1 Å². The van der Waals surface area contributed by atoms with Gasteiger partial charge >= 0.3 is 12.2 Å². The van der Waals surface area contributed by atoms with Crippen molar-refractivity contribution in [2.45, 2.75) is 64.2 Å². The van der Waals surface area contributed by atoms with Crippen molar-refractivity contribution < 1.29 is 55.0 Å². The number of methoxy groups -OCH3 is 2. The summed E-state index contributed by atoms with van der Waals surface area (Å²) >= 11 is 7.11. The van der Waals surface area contributed by atoms with Crippen LogP contribution in [-0.4, -0.2) is 60.5 Å². The van der Waals surface area contributed by atoms with Crippen LogP contribution in [-0.2, 0) is 26.0 Å². The molecule has 0 spiro atoms. The van der Waals surface area contributed by atoms with Crippen molar-refractivity contribution in [3.63, 3.8) is 0 Å². The van der Waals surface area contributed by atoms with Gasteiger partial charge in [-0.3, -0.25) is 0 Å². The Hall–Kier alpha value is -6.05. The quantitative estimate of drug-likeness (QED) is 0.120. The number of aromatic nitrogens is 3. The van der Waals surface area contributed by atoms with Gasteiger partial charge < -0.3 is 28.2 Å². The van der Waals surface area contributed by atoms with Crippen LogP contribution in [0, 0.1) is 11.6 Å². The molecule has 0 unspecified atom stereocenters. The summed E-state index contributed by atoms with van der Waals surface area (Å²) in [6.45, 7) is 9.31. The lowest BCUT2D eigenvalue weighted by Crippen LogP contribution is -2.44. The number of sulfonamides is 1. The molecule has 15 nitrogen and oxygen atoms in total. The van der Waals surface area contributed by atoms with Crippen molar-refractivity contribution in [1.82, 2.24) is 14.5 Å². The predicted octanol–water partition coefficient (Wildman–Crippen LogP) is 10.2. The summed E-state index contributed by atoms with van der Waals surface area (Å²) in [5.41, 5.74) is -0.832. The van der Waals surface area contributed by atoms with Gasteiger partial charge in [-0.25, -0.2) is 36.1 Å². The van der Waals surface area contributed by atoms with E-state index in [1.54, 1.807) is 59.7 Å². The monoisotopic (exact) mass is 885 g/mol. The lowest BCUT2D eigenvalue weighted by atomic mass is 10.0. The van der Waals surface area contributed by atoms with E-state index in [0.717, 1.165) is 22.8 Å². The SMILES string of the molecule is COc1ccc(CN(c2ncns2)S(=O)(=O)c2c(F)cc(Oc3ccc(Cl)cc3-c3ccc4onc(N(C(=O)OC(C)(C)C)C(=O)OC(C)(C)C)c4c3)cc2F)c(OC)c1. The number of anilines is 2. The van der Waals surface area contributed by atoms with Crippen LogP contribution in [0.5, 0.6) is 23.0 Å². The largest absolute Gasteiger partial charge is 0.497 e. The molecule has 0 saturated heterocycles. The highest BCUT2D eigenvalue weighted by Crippen LogP contribution is 2.41. The molecule has 0 fully saturated rings. The standard InChI is InChI=1S/C40H38ClF2N5O10S2/c1-39(2,3)56-37(49)48(38(50)57-40(4,5)6)35-28-15-22(10-13-32(28)58-46-35)27-16-24(41)11-14-31(27)55-26-17-29(42)34(30(43)18-26)60(51,52)47(36-44-21-45-59-36)20-23-9-12-25(53-7)19-33(23)54-8/h9-19,21H,20H2,1-8H3. The number of imide groups is 1. The van der Waals surface area contributed by atoms with Crippen molar-refractivity contribution in [3.05, 3.63) is 95.3 Å². The lowest BCUT2D eigenvalue weighted by Gasteiger charge is -2.27. The molecule has 2 heterocycles. The Morgan fingerprint density at radius 3 is 2.08 bits per heavy atom. The van der Waals surface area contributed by atoms with Crippen LogP contribution >= 0.6 is 23.1 Å². The molecule has 4 aromatic carbocycles. The molecule has 0 saturated carbocycles. The zero-order valence-corrected chi connectivity index (χ0v) is 35.8. The zero-order chi connectivity index (χ0) is 43.7. The van der Waals surface area contributed by atoms with E-state index in [1.807, 2.05) is 0 Å². The Kier molecular flexibility index (Phi) is 12.3. The smallest absolute Gasteiger partial charge is 0.425 e. The highest BCUT2D eigenvalue weighted by Gasteiger charge is 2.37. The molecule has 6 rings (SSSR count). The van der Waals surface area contributed by atoms with Crippen molar-refractivity contribution in [2.24, 2.45) is 0 Å². The zero-order valence-electron chi connectivity index (χ0n) is 33.4. The molecular weight excluding hydrogens is 848 g/mol.